The summed E-state index contributed by atoms with van der Waals surface area (Å²) >= 11 is 0. The van der Waals surface area contributed by atoms with E-state index in [-0.39, 0.29) is 18.8 Å². The van der Waals surface area contributed by atoms with Crippen molar-refractivity contribution in [3.63, 3.8) is 0 Å². The Bertz CT molecular complexity index is 971. The zero-order chi connectivity index (χ0) is 21.6. The maximum Gasteiger partial charge on any atom is 0.389 e. The third-order valence-corrected chi connectivity index (χ3v) is 4.86. The van der Waals surface area contributed by atoms with Crippen LogP contribution < -0.4 is 4.74 Å². The van der Waals surface area contributed by atoms with Crippen molar-refractivity contribution >= 4 is 0 Å². The lowest BCUT2D eigenvalue weighted by Gasteiger charge is -2.13. The topological polar surface area (TPSA) is 22.1 Å². The predicted molar refractivity (Wildman–Crippen MR) is 109 cm³/mol. The molecule has 0 amide bonds. The van der Waals surface area contributed by atoms with Gasteiger partial charge in [0.1, 0.15) is 11.6 Å². The molecule has 0 bridgehead atoms. The highest BCUT2D eigenvalue weighted by molar-refractivity contribution is 5.63. The fourth-order valence-corrected chi connectivity index (χ4v) is 3.30. The van der Waals surface area contributed by atoms with E-state index in [1.807, 2.05) is 37.3 Å². The van der Waals surface area contributed by atoms with Gasteiger partial charge in [0.05, 0.1) is 12.3 Å². The van der Waals surface area contributed by atoms with Crippen molar-refractivity contribution < 1.29 is 22.3 Å². The van der Waals surface area contributed by atoms with Crippen LogP contribution in [-0.4, -0.2) is 17.8 Å². The molecule has 3 rings (SSSR count). The molecule has 0 unspecified atom stereocenters. The van der Waals surface area contributed by atoms with Crippen molar-refractivity contribution in [2.45, 2.75) is 38.8 Å². The van der Waals surface area contributed by atoms with E-state index in [9.17, 15) is 17.6 Å². The minimum absolute atomic E-state index is 0.0291. The second kappa shape index (κ2) is 9.74. The molecule has 0 N–H and O–H groups in total. The predicted octanol–water partition coefficient (Wildman–Crippen LogP) is 6.70. The molecule has 3 aromatic rings. The fourth-order valence-electron chi connectivity index (χ4n) is 3.30. The van der Waals surface area contributed by atoms with E-state index in [1.165, 1.54) is 12.1 Å². The maximum absolute atomic E-state index is 13.8. The SMILES string of the molecule is Cc1cc(OCCCC(F)(F)F)ccc1CCc1ccc(F)cc1-c1ccccn1. The maximum atomic E-state index is 13.8. The van der Waals surface area contributed by atoms with E-state index < -0.39 is 12.6 Å². The molecule has 0 radical (unpaired) electrons. The van der Waals surface area contributed by atoms with Crippen LogP contribution in [0.15, 0.2) is 60.8 Å². The molecule has 0 fully saturated rings. The lowest BCUT2D eigenvalue weighted by Crippen LogP contribution is -2.09. The molecule has 158 valence electrons. The summed E-state index contributed by atoms with van der Waals surface area (Å²) in [5.74, 6) is 0.261. The van der Waals surface area contributed by atoms with Gasteiger partial charge < -0.3 is 4.74 Å². The minimum atomic E-state index is -4.16. The number of pyridine rings is 1. The first-order chi connectivity index (χ1) is 14.3. The van der Waals surface area contributed by atoms with E-state index in [0.717, 1.165) is 34.4 Å². The summed E-state index contributed by atoms with van der Waals surface area (Å²) < 4.78 is 55.8. The van der Waals surface area contributed by atoms with Crippen molar-refractivity contribution in [1.82, 2.24) is 4.98 Å². The van der Waals surface area contributed by atoms with E-state index in [0.29, 0.717) is 12.2 Å². The van der Waals surface area contributed by atoms with Crippen molar-refractivity contribution in [3.8, 4) is 17.0 Å². The number of aromatic nitrogens is 1. The first kappa shape index (κ1) is 21.8. The molecule has 0 atom stereocenters. The summed E-state index contributed by atoms with van der Waals surface area (Å²) in [6, 6.07) is 15.8. The summed E-state index contributed by atoms with van der Waals surface area (Å²) in [6.07, 6.45) is -1.94. The molecule has 2 nitrogen and oxygen atoms in total. The van der Waals surface area contributed by atoms with Gasteiger partial charge in [0.25, 0.3) is 0 Å². The molecule has 0 saturated heterocycles. The lowest BCUT2D eigenvalue weighted by atomic mass is 9.96. The molecule has 1 heterocycles. The summed E-state index contributed by atoms with van der Waals surface area (Å²) in [4.78, 5) is 4.33. The fraction of sp³-hybridized carbons (Fsp3) is 0.292. The monoisotopic (exact) mass is 417 g/mol. The van der Waals surface area contributed by atoms with Crippen LogP contribution in [0.4, 0.5) is 17.6 Å². The summed E-state index contributed by atoms with van der Waals surface area (Å²) in [7, 11) is 0. The summed E-state index contributed by atoms with van der Waals surface area (Å²) in [6.45, 7) is 1.98. The van der Waals surface area contributed by atoms with E-state index >= 15 is 0 Å². The molecule has 6 heteroatoms. The number of rotatable bonds is 8. The number of halogens is 4. The number of hydrogen-bond donors (Lipinski definition) is 0. The first-order valence-electron chi connectivity index (χ1n) is 9.81. The van der Waals surface area contributed by atoms with Gasteiger partial charge in [-0.1, -0.05) is 18.2 Å². The summed E-state index contributed by atoms with van der Waals surface area (Å²) in [5.41, 5.74) is 4.62. The second-order valence-electron chi connectivity index (χ2n) is 7.17. The van der Waals surface area contributed by atoms with Gasteiger partial charge in [-0.3, -0.25) is 4.98 Å². The molecule has 0 spiro atoms. The van der Waals surface area contributed by atoms with Crippen LogP contribution in [0, 0.1) is 12.7 Å². The number of aryl methyl sites for hydroxylation is 3. The quantitative estimate of drug-likeness (QED) is 0.300. The van der Waals surface area contributed by atoms with Crippen LogP contribution in [0.3, 0.4) is 0 Å². The van der Waals surface area contributed by atoms with Crippen LogP contribution in [0.25, 0.3) is 11.3 Å². The molecule has 1 aromatic heterocycles. The Hall–Kier alpha value is -2.89. The Kier molecular flexibility index (Phi) is 7.08. The molecule has 2 aromatic carbocycles. The van der Waals surface area contributed by atoms with E-state index in [2.05, 4.69) is 4.98 Å². The number of hydrogen-bond acceptors (Lipinski definition) is 2. The van der Waals surface area contributed by atoms with Gasteiger partial charge in [0, 0.05) is 18.2 Å². The van der Waals surface area contributed by atoms with Gasteiger partial charge >= 0.3 is 6.18 Å². The Balaban J connectivity index is 1.64. The first-order valence-corrected chi connectivity index (χ1v) is 9.81. The van der Waals surface area contributed by atoms with Crippen molar-refractivity contribution in [2.75, 3.05) is 6.61 Å². The van der Waals surface area contributed by atoms with Crippen LogP contribution in [0.1, 0.15) is 29.5 Å². The molecule has 30 heavy (non-hydrogen) atoms. The van der Waals surface area contributed by atoms with Gasteiger partial charge in [-0.05, 0) is 79.3 Å². The smallest absolute Gasteiger partial charge is 0.389 e. The van der Waals surface area contributed by atoms with E-state index in [4.69, 9.17) is 4.74 Å². The highest BCUT2D eigenvalue weighted by atomic mass is 19.4. The van der Waals surface area contributed by atoms with Gasteiger partial charge in [0.15, 0.2) is 0 Å². The third-order valence-electron chi connectivity index (χ3n) is 4.86. The van der Waals surface area contributed by atoms with Crippen molar-refractivity contribution in [2.24, 2.45) is 0 Å². The van der Waals surface area contributed by atoms with Crippen LogP contribution in [0.2, 0.25) is 0 Å². The van der Waals surface area contributed by atoms with E-state index in [1.54, 1.807) is 18.3 Å². The normalized spacial score (nSPS) is 11.5. The van der Waals surface area contributed by atoms with Gasteiger partial charge in [-0.2, -0.15) is 13.2 Å². The standard InChI is InChI=1S/C24H23F4NO/c1-17-15-21(30-14-4-12-24(26,27)28)11-9-18(17)6-7-19-8-10-20(25)16-22(19)23-5-2-3-13-29-23/h2-3,5,8-11,13,15-16H,4,6-7,12,14H2,1H3. The second-order valence-corrected chi connectivity index (χ2v) is 7.17. The lowest BCUT2D eigenvalue weighted by molar-refractivity contribution is -0.136. The highest BCUT2D eigenvalue weighted by Gasteiger charge is 2.26. The number of nitrogens with zero attached hydrogens (tertiary/aromatic N) is 1. The average Bonchev–Trinajstić information content (AvgIpc) is 2.71. The molecule has 0 aliphatic carbocycles. The highest BCUT2D eigenvalue weighted by Crippen LogP contribution is 2.26. The zero-order valence-electron chi connectivity index (χ0n) is 16.7. The van der Waals surface area contributed by atoms with Crippen molar-refractivity contribution in [1.29, 1.82) is 0 Å². The Labute approximate surface area is 173 Å². The Morgan fingerprint density at radius 3 is 2.40 bits per heavy atom. The Morgan fingerprint density at radius 2 is 1.70 bits per heavy atom. The van der Waals surface area contributed by atoms with Crippen LogP contribution in [-0.2, 0) is 12.8 Å². The van der Waals surface area contributed by atoms with Gasteiger partial charge in [0.2, 0.25) is 0 Å². The largest absolute Gasteiger partial charge is 0.494 e. The molecule has 0 saturated carbocycles. The minimum Gasteiger partial charge on any atom is -0.494 e. The van der Waals surface area contributed by atoms with Crippen molar-refractivity contribution in [3.05, 3.63) is 83.3 Å². The molecule has 0 aliphatic heterocycles. The Morgan fingerprint density at radius 1 is 0.933 bits per heavy atom. The number of alkyl halides is 3. The summed E-state index contributed by atoms with van der Waals surface area (Å²) in [5, 5.41) is 0. The van der Waals surface area contributed by atoms with Gasteiger partial charge in [-0.25, -0.2) is 4.39 Å². The molecule has 0 aliphatic rings. The number of ether oxygens (including phenoxy) is 1. The number of benzene rings is 2. The zero-order valence-corrected chi connectivity index (χ0v) is 16.7. The molecular weight excluding hydrogens is 394 g/mol. The third kappa shape index (κ3) is 6.31. The molecular formula is C24H23F4NO. The van der Waals surface area contributed by atoms with Gasteiger partial charge in [-0.15, -0.1) is 0 Å². The average molecular weight is 417 g/mol. The van der Waals surface area contributed by atoms with Crippen LogP contribution >= 0.6 is 0 Å². The van der Waals surface area contributed by atoms with Crippen LogP contribution in [0.5, 0.6) is 5.75 Å².